The van der Waals surface area contributed by atoms with Crippen LogP contribution in [0.15, 0.2) is 0 Å². The highest BCUT2D eigenvalue weighted by Crippen LogP contribution is 2.30. The maximum Gasteiger partial charge on any atom is 0.408 e. The van der Waals surface area contributed by atoms with Crippen LogP contribution in [0.2, 0.25) is 0 Å². The van der Waals surface area contributed by atoms with Crippen molar-refractivity contribution in [3.05, 3.63) is 0 Å². The zero-order chi connectivity index (χ0) is 23.6. The number of nitrogens with zero attached hydrogens (tertiary/aromatic N) is 2. The smallest absolute Gasteiger partial charge is 0.408 e. The number of nitrogens with one attached hydrogen (secondary N) is 1. The van der Waals surface area contributed by atoms with Crippen molar-refractivity contribution in [2.45, 2.75) is 63.8 Å². The zero-order valence-electron chi connectivity index (χ0n) is 18.5. The van der Waals surface area contributed by atoms with Crippen LogP contribution in [0.25, 0.3) is 0 Å². The molecule has 12 heteroatoms. The minimum absolute atomic E-state index is 0.184. The van der Waals surface area contributed by atoms with Gasteiger partial charge in [-0.25, -0.2) is 18.0 Å². The van der Waals surface area contributed by atoms with Gasteiger partial charge in [-0.2, -0.15) is 0 Å². The normalized spacial score (nSPS) is 24.7. The summed E-state index contributed by atoms with van der Waals surface area (Å²) in [5.74, 6) is -2.43. The van der Waals surface area contributed by atoms with Gasteiger partial charge >= 0.3 is 12.1 Å². The fourth-order valence-electron chi connectivity index (χ4n) is 3.84. The summed E-state index contributed by atoms with van der Waals surface area (Å²) >= 11 is 0. The molecule has 0 aliphatic carbocycles. The van der Waals surface area contributed by atoms with Gasteiger partial charge < -0.3 is 24.6 Å². The first-order chi connectivity index (χ1) is 14.2. The summed E-state index contributed by atoms with van der Waals surface area (Å²) in [6.45, 7) is 4.95. The second-order valence-corrected chi connectivity index (χ2v) is 11.1. The third-order valence-electron chi connectivity index (χ3n) is 5.09. The first-order valence-corrected chi connectivity index (χ1v) is 12.1. The summed E-state index contributed by atoms with van der Waals surface area (Å²) in [5.41, 5.74) is -0.814. The van der Waals surface area contributed by atoms with Gasteiger partial charge in [0.1, 0.15) is 23.4 Å². The van der Waals surface area contributed by atoms with Gasteiger partial charge in [-0.05, 0) is 40.0 Å². The van der Waals surface area contributed by atoms with Crippen molar-refractivity contribution in [2.24, 2.45) is 0 Å². The Morgan fingerprint density at radius 2 is 1.81 bits per heavy atom. The quantitative estimate of drug-likeness (QED) is 0.563. The Kier molecular flexibility index (Phi) is 7.56. The molecule has 0 aromatic carbocycles. The highest BCUT2D eigenvalue weighted by Gasteiger charge is 2.46. The minimum atomic E-state index is -3.57. The lowest BCUT2D eigenvalue weighted by Gasteiger charge is -2.38. The molecule has 0 saturated carbocycles. The van der Waals surface area contributed by atoms with Crippen molar-refractivity contribution in [3.63, 3.8) is 0 Å². The molecule has 2 saturated heterocycles. The fraction of sp³-hybridized carbons (Fsp3) is 0.789. The molecule has 0 radical (unpaired) electrons. The van der Waals surface area contributed by atoms with E-state index >= 15 is 0 Å². The molecule has 2 fully saturated rings. The van der Waals surface area contributed by atoms with E-state index in [1.165, 1.54) is 16.9 Å². The van der Waals surface area contributed by atoms with Crippen LogP contribution >= 0.6 is 0 Å². The van der Waals surface area contributed by atoms with Crippen LogP contribution in [0.4, 0.5) is 4.79 Å². The number of esters is 1. The Morgan fingerprint density at radius 1 is 1.16 bits per heavy atom. The Balaban J connectivity index is 2.32. The first-order valence-electron chi connectivity index (χ1n) is 10.1. The molecule has 2 rings (SSSR count). The summed E-state index contributed by atoms with van der Waals surface area (Å²) in [7, 11) is -2.33. The van der Waals surface area contributed by atoms with E-state index < -0.39 is 57.2 Å². The van der Waals surface area contributed by atoms with Crippen molar-refractivity contribution in [1.29, 1.82) is 0 Å². The Bertz CT molecular complexity index is 836. The molecule has 2 heterocycles. The SMILES string of the molecule is COC(=O)[C@@H]1CC[C@@H]2CCN(C(=O)CS(C)(=O)=O)C[C@H](NC(=O)OC(C)(C)C)C(=O)N21. The highest BCUT2D eigenvalue weighted by atomic mass is 32.2. The highest BCUT2D eigenvalue weighted by molar-refractivity contribution is 7.91. The van der Waals surface area contributed by atoms with E-state index in [9.17, 15) is 27.6 Å². The lowest BCUT2D eigenvalue weighted by Crippen LogP contribution is -2.61. The number of amides is 3. The molecule has 2 aliphatic heterocycles. The third kappa shape index (κ3) is 6.81. The molecular weight excluding hydrogens is 430 g/mol. The number of rotatable bonds is 4. The summed E-state index contributed by atoms with van der Waals surface area (Å²) < 4.78 is 33.2. The molecular formula is C19H31N3O8S. The van der Waals surface area contributed by atoms with Crippen LogP contribution in [0.5, 0.6) is 0 Å². The number of carbonyl (C=O) groups excluding carboxylic acids is 4. The van der Waals surface area contributed by atoms with Crippen LogP contribution in [-0.4, -0.2) is 98.0 Å². The van der Waals surface area contributed by atoms with Crippen molar-refractivity contribution >= 4 is 33.7 Å². The second-order valence-electron chi connectivity index (χ2n) is 8.91. The first kappa shape index (κ1) is 24.9. The molecule has 0 aromatic rings. The Hall–Kier alpha value is -2.37. The van der Waals surface area contributed by atoms with Gasteiger partial charge in [0.25, 0.3) is 0 Å². The molecule has 176 valence electrons. The van der Waals surface area contributed by atoms with Gasteiger partial charge in [0, 0.05) is 18.8 Å². The lowest BCUT2D eigenvalue weighted by molar-refractivity contribution is -0.154. The summed E-state index contributed by atoms with van der Waals surface area (Å²) in [5, 5.41) is 2.48. The van der Waals surface area contributed by atoms with E-state index in [2.05, 4.69) is 5.32 Å². The third-order valence-corrected chi connectivity index (χ3v) is 5.86. The fourth-order valence-corrected chi connectivity index (χ4v) is 4.47. The average Bonchev–Trinajstić information content (AvgIpc) is 3.02. The molecule has 31 heavy (non-hydrogen) atoms. The average molecular weight is 462 g/mol. The maximum atomic E-state index is 13.4. The van der Waals surface area contributed by atoms with E-state index in [-0.39, 0.29) is 19.1 Å². The summed E-state index contributed by atoms with van der Waals surface area (Å²) in [6.07, 6.45) is 1.41. The van der Waals surface area contributed by atoms with Gasteiger partial charge in [-0.15, -0.1) is 0 Å². The number of alkyl carbamates (subject to hydrolysis) is 1. The molecule has 3 atom stereocenters. The molecule has 2 aliphatic rings. The van der Waals surface area contributed by atoms with Crippen LogP contribution in [0, 0.1) is 0 Å². The predicted octanol–water partition coefficient (Wildman–Crippen LogP) is -0.311. The van der Waals surface area contributed by atoms with E-state index in [0.29, 0.717) is 19.3 Å². The molecule has 11 nitrogen and oxygen atoms in total. The van der Waals surface area contributed by atoms with Crippen LogP contribution < -0.4 is 5.32 Å². The Labute approximate surface area is 182 Å². The van der Waals surface area contributed by atoms with E-state index in [1.807, 2.05) is 0 Å². The lowest BCUT2D eigenvalue weighted by atomic mass is 10.1. The molecule has 0 unspecified atom stereocenters. The van der Waals surface area contributed by atoms with Gasteiger partial charge in [0.05, 0.1) is 13.7 Å². The molecule has 0 bridgehead atoms. The summed E-state index contributed by atoms with van der Waals surface area (Å²) in [6, 6.07) is -2.32. The number of methoxy groups -OCH3 is 1. The molecule has 0 aromatic heterocycles. The zero-order valence-corrected chi connectivity index (χ0v) is 19.4. The number of sulfone groups is 1. The summed E-state index contributed by atoms with van der Waals surface area (Å²) in [4.78, 5) is 53.2. The molecule has 0 spiro atoms. The van der Waals surface area contributed by atoms with Gasteiger partial charge in [0.2, 0.25) is 11.8 Å². The van der Waals surface area contributed by atoms with Crippen molar-refractivity contribution in [3.8, 4) is 0 Å². The van der Waals surface area contributed by atoms with Crippen molar-refractivity contribution in [2.75, 3.05) is 32.2 Å². The largest absolute Gasteiger partial charge is 0.467 e. The number of carbonyl (C=O) groups is 4. The molecule has 1 N–H and O–H groups in total. The van der Waals surface area contributed by atoms with Crippen molar-refractivity contribution in [1.82, 2.24) is 15.1 Å². The number of hydrogen-bond acceptors (Lipinski definition) is 8. The minimum Gasteiger partial charge on any atom is -0.467 e. The number of fused-ring (bicyclic) bond motifs is 1. The number of hydrogen-bond donors (Lipinski definition) is 1. The van der Waals surface area contributed by atoms with E-state index in [4.69, 9.17) is 9.47 Å². The topological polar surface area (TPSA) is 139 Å². The predicted molar refractivity (Wildman–Crippen MR) is 110 cm³/mol. The second kappa shape index (κ2) is 9.41. The van der Waals surface area contributed by atoms with Crippen molar-refractivity contribution < 1.29 is 37.1 Å². The monoisotopic (exact) mass is 461 g/mol. The van der Waals surface area contributed by atoms with Crippen LogP contribution in [0.3, 0.4) is 0 Å². The number of ether oxygens (including phenoxy) is 2. The standard InChI is InChI=1S/C19H31N3O8S/c1-19(2,3)30-18(26)20-13-10-21(15(23)11-31(5,27)28)9-8-12-6-7-14(17(25)29-4)22(12)16(13)24/h12-14H,6-11H2,1-5H3,(H,20,26)/t12-,13+,14+/m1/s1. The van der Waals surface area contributed by atoms with E-state index in [1.54, 1.807) is 20.8 Å². The van der Waals surface area contributed by atoms with Gasteiger partial charge in [-0.1, -0.05) is 0 Å². The van der Waals surface area contributed by atoms with Gasteiger partial charge in [-0.3, -0.25) is 9.59 Å². The van der Waals surface area contributed by atoms with Gasteiger partial charge in [0.15, 0.2) is 9.84 Å². The van der Waals surface area contributed by atoms with E-state index in [0.717, 1.165) is 6.26 Å². The molecule has 3 amide bonds. The maximum absolute atomic E-state index is 13.4. The Morgan fingerprint density at radius 3 is 2.35 bits per heavy atom. The van der Waals surface area contributed by atoms with Crippen LogP contribution in [-0.2, 0) is 33.7 Å². The van der Waals surface area contributed by atoms with Crippen LogP contribution in [0.1, 0.15) is 40.0 Å².